The van der Waals surface area contributed by atoms with Crippen molar-refractivity contribution in [1.82, 2.24) is 4.57 Å². The first kappa shape index (κ1) is 25.4. The first-order chi connectivity index (χ1) is 17.5. The third kappa shape index (κ3) is 6.12. The van der Waals surface area contributed by atoms with Crippen LogP contribution in [0.3, 0.4) is 0 Å². The zero-order valence-electron chi connectivity index (χ0n) is 20.7. The van der Waals surface area contributed by atoms with E-state index in [9.17, 15) is 15.0 Å². The summed E-state index contributed by atoms with van der Waals surface area (Å²) in [5, 5.41) is 21.0. The summed E-state index contributed by atoms with van der Waals surface area (Å²) in [6.45, 7) is 2.16. The van der Waals surface area contributed by atoms with Gasteiger partial charge in [0.05, 0.1) is 25.9 Å². The normalized spacial score (nSPS) is 17.5. The molecule has 1 aromatic heterocycles. The lowest BCUT2D eigenvalue weighted by Crippen LogP contribution is -2.30. The van der Waals surface area contributed by atoms with Crippen molar-refractivity contribution in [2.45, 2.75) is 57.8 Å². The highest BCUT2D eigenvalue weighted by molar-refractivity contribution is 5.70. The molecule has 1 saturated carbocycles. The number of nitrogens with zero attached hydrogens (tertiary/aromatic N) is 1. The fourth-order valence-corrected chi connectivity index (χ4v) is 4.66. The highest BCUT2D eigenvalue weighted by Gasteiger charge is 2.32. The van der Waals surface area contributed by atoms with Crippen LogP contribution in [0.1, 0.15) is 49.8 Å². The fraction of sp³-hybridized carbons (Fsp3) is 0.393. The number of ether oxygens (including phenoxy) is 4. The van der Waals surface area contributed by atoms with Crippen LogP contribution < -0.4 is 14.2 Å². The number of rotatable bonds is 10. The van der Waals surface area contributed by atoms with Crippen molar-refractivity contribution >= 4 is 5.97 Å². The Morgan fingerprint density at radius 2 is 1.75 bits per heavy atom. The number of esters is 1. The number of carbonyl (C=O) groups excluding carboxylic acids is 1. The Balaban J connectivity index is 1.40. The van der Waals surface area contributed by atoms with Crippen LogP contribution in [0.25, 0.3) is 0 Å². The van der Waals surface area contributed by atoms with E-state index in [1.807, 2.05) is 48.5 Å². The van der Waals surface area contributed by atoms with Gasteiger partial charge in [-0.3, -0.25) is 9.36 Å². The minimum absolute atomic E-state index is 0.0504. The van der Waals surface area contributed by atoms with Crippen molar-refractivity contribution in [3.8, 4) is 29.0 Å². The predicted molar refractivity (Wildman–Crippen MR) is 134 cm³/mol. The first-order valence-electron chi connectivity index (χ1n) is 12.2. The number of aromatic nitrogens is 1. The van der Waals surface area contributed by atoms with Gasteiger partial charge in [-0.15, -0.1) is 0 Å². The number of methoxy groups -OCH3 is 1. The molecule has 8 heteroatoms. The van der Waals surface area contributed by atoms with Crippen LogP contribution in [0.4, 0.5) is 0 Å². The molecule has 1 fully saturated rings. The molecule has 1 aliphatic carbocycles. The number of hydrogen-bond acceptors (Lipinski definition) is 7. The largest absolute Gasteiger partial charge is 0.494 e. The second-order valence-corrected chi connectivity index (χ2v) is 8.92. The average Bonchev–Trinajstić information content (AvgIpc) is 3.15. The van der Waals surface area contributed by atoms with E-state index in [2.05, 4.69) is 0 Å². The Labute approximate surface area is 211 Å². The van der Waals surface area contributed by atoms with Gasteiger partial charge in [-0.25, -0.2) is 0 Å². The Morgan fingerprint density at radius 1 is 0.972 bits per heavy atom. The summed E-state index contributed by atoms with van der Waals surface area (Å²) in [5.74, 6) is 0.314. The molecule has 4 rings (SSSR count). The zero-order valence-corrected chi connectivity index (χ0v) is 20.7. The summed E-state index contributed by atoms with van der Waals surface area (Å²) in [6, 6.07) is 16.8. The monoisotopic (exact) mass is 495 g/mol. The Kier molecular flexibility index (Phi) is 8.38. The average molecular weight is 496 g/mol. The van der Waals surface area contributed by atoms with Crippen molar-refractivity contribution < 1.29 is 34.0 Å². The summed E-state index contributed by atoms with van der Waals surface area (Å²) >= 11 is 0. The number of benzene rings is 2. The van der Waals surface area contributed by atoms with E-state index in [0.717, 1.165) is 36.8 Å². The van der Waals surface area contributed by atoms with Gasteiger partial charge in [0, 0.05) is 13.0 Å². The molecule has 2 atom stereocenters. The van der Waals surface area contributed by atoms with E-state index >= 15 is 0 Å². The molecular weight excluding hydrogens is 462 g/mol. The summed E-state index contributed by atoms with van der Waals surface area (Å²) in [5.41, 5.74) is 2.13. The molecule has 0 bridgehead atoms. The lowest BCUT2D eigenvalue weighted by atomic mass is 9.92. The standard InChI is InChI=1S/C28H33NO7/c1-19(30)36-26-17-27(31)29(28(26)32)22-10-6-7-11-23(22)34-15-14-20-12-13-24(33-2)25(16-20)35-18-21-8-4-3-5-9-21/h3-5,8-9,12-13,16-17,22-23,31-32H,6-7,10-11,14-15,18H2,1-2H3. The van der Waals surface area contributed by atoms with Crippen LogP contribution in [0.15, 0.2) is 54.6 Å². The van der Waals surface area contributed by atoms with Gasteiger partial charge in [0.2, 0.25) is 5.88 Å². The van der Waals surface area contributed by atoms with Crippen molar-refractivity contribution in [2.24, 2.45) is 0 Å². The van der Waals surface area contributed by atoms with E-state index in [1.165, 1.54) is 17.6 Å². The molecule has 2 unspecified atom stereocenters. The van der Waals surface area contributed by atoms with Crippen LogP contribution in [0, 0.1) is 0 Å². The van der Waals surface area contributed by atoms with Crippen LogP contribution in [0.2, 0.25) is 0 Å². The molecule has 0 aliphatic heterocycles. The van der Waals surface area contributed by atoms with Crippen molar-refractivity contribution in [2.75, 3.05) is 13.7 Å². The summed E-state index contributed by atoms with van der Waals surface area (Å²) in [6.07, 6.45) is 3.96. The van der Waals surface area contributed by atoms with Gasteiger partial charge in [-0.2, -0.15) is 0 Å². The van der Waals surface area contributed by atoms with E-state index in [0.29, 0.717) is 31.1 Å². The maximum atomic E-state index is 11.3. The molecule has 0 spiro atoms. The minimum Gasteiger partial charge on any atom is -0.494 e. The third-order valence-corrected chi connectivity index (χ3v) is 6.40. The summed E-state index contributed by atoms with van der Waals surface area (Å²) in [4.78, 5) is 11.3. The van der Waals surface area contributed by atoms with Crippen LogP contribution in [0.5, 0.6) is 29.0 Å². The third-order valence-electron chi connectivity index (χ3n) is 6.40. The topological polar surface area (TPSA) is 99.4 Å². The number of carbonyl (C=O) groups is 1. The zero-order chi connectivity index (χ0) is 25.5. The Bertz CT molecular complexity index is 1160. The highest BCUT2D eigenvalue weighted by atomic mass is 16.5. The number of hydrogen-bond donors (Lipinski definition) is 2. The molecular formula is C28H33NO7. The van der Waals surface area contributed by atoms with Gasteiger partial charge in [0.25, 0.3) is 0 Å². The van der Waals surface area contributed by atoms with E-state index < -0.39 is 5.97 Å². The minimum atomic E-state index is -0.564. The molecule has 0 saturated heterocycles. The maximum absolute atomic E-state index is 11.3. The van der Waals surface area contributed by atoms with Gasteiger partial charge in [0.1, 0.15) is 6.61 Å². The molecule has 1 aliphatic rings. The Hall–Kier alpha value is -3.65. The summed E-state index contributed by atoms with van der Waals surface area (Å²) in [7, 11) is 1.62. The van der Waals surface area contributed by atoms with Crippen LogP contribution in [-0.4, -0.2) is 40.6 Å². The van der Waals surface area contributed by atoms with E-state index in [1.54, 1.807) is 7.11 Å². The molecule has 2 N–H and O–H groups in total. The molecule has 0 radical (unpaired) electrons. The van der Waals surface area contributed by atoms with Crippen molar-refractivity contribution in [1.29, 1.82) is 0 Å². The van der Waals surface area contributed by atoms with E-state index in [-0.39, 0.29) is 29.7 Å². The maximum Gasteiger partial charge on any atom is 0.308 e. The lowest BCUT2D eigenvalue weighted by molar-refractivity contribution is -0.132. The fourth-order valence-electron chi connectivity index (χ4n) is 4.66. The molecule has 192 valence electrons. The quantitative estimate of drug-likeness (QED) is 0.375. The van der Waals surface area contributed by atoms with Crippen molar-refractivity contribution in [3.63, 3.8) is 0 Å². The molecule has 1 heterocycles. The van der Waals surface area contributed by atoms with Gasteiger partial charge in [-0.1, -0.05) is 49.2 Å². The van der Waals surface area contributed by atoms with Crippen LogP contribution >= 0.6 is 0 Å². The molecule has 2 aromatic carbocycles. The second kappa shape index (κ2) is 11.9. The molecule has 3 aromatic rings. The molecule has 0 amide bonds. The van der Waals surface area contributed by atoms with Crippen molar-refractivity contribution in [3.05, 3.63) is 65.7 Å². The number of aromatic hydroxyl groups is 2. The summed E-state index contributed by atoms with van der Waals surface area (Å²) < 4.78 is 24.2. The first-order valence-corrected chi connectivity index (χ1v) is 12.2. The highest BCUT2D eigenvalue weighted by Crippen LogP contribution is 2.43. The van der Waals surface area contributed by atoms with Crippen LogP contribution in [-0.2, 0) is 22.6 Å². The van der Waals surface area contributed by atoms with Gasteiger partial charge in [-0.05, 0) is 42.5 Å². The molecule has 8 nitrogen and oxygen atoms in total. The SMILES string of the molecule is COc1ccc(CCOC2CCCCC2n2c(O)cc(OC(C)=O)c2O)cc1OCc1ccccc1. The Morgan fingerprint density at radius 3 is 2.50 bits per heavy atom. The van der Waals surface area contributed by atoms with Gasteiger partial charge >= 0.3 is 5.97 Å². The van der Waals surface area contributed by atoms with E-state index in [4.69, 9.17) is 18.9 Å². The smallest absolute Gasteiger partial charge is 0.308 e. The van der Waals surface area contributed by atoms with Gasteiger partial charge < -0.3 is 29.2 Å². The van der Waals surface area contributed by atoms with Gasteiger partial charge in [0.15, 0.2) is 23.1 Å². The second-order valence-electron chi connectivity index (χ2n) is 8.92. The predicted octanol–water partition coefficient (Wildman–Crippen LogP) is 5.16. The molecule has 36 heavy (non-hydrogen) atoms. The lowest BCUT2D eigenvalue weighted by Gasteiger charge is -2.33.